The number of anilines is 1. The van der Waals surface area contributed by atoms with Crippen molar-refractivity contribution in [2.24, 2.45) is 0 Å². The maximum atomic E-state index is 13.3. The van der Waals surface area contributed by atoms with Crippen molar-refractivity contribution < 1.29 is 8.78 Å². The first-order chi connectivity index (χ1) is 11.4. The van der Waals surface area contributed by atoms with Crippen LogP contribution in [0, 0.1) is 32.4 Å². The predicted octanol–water partition coefficient (Wildman–Crippen LogP) is 3.00. The second-order valence-electron chi connectivity index (χ2n) is 6.33. The van der Waals surface area contributed by atoms with Crippen LogP contribution in [-0.2, 0) is 6.54 Å². The van der Waals surface area contributed by atoms with Crippen molar-refractivity contribution in [2.45, 2.75) is 27.3 Å². The summed E-state index contributed by atoms with van der Waals surface area (Å²) < 4.78 is 26.3. The van der Waals surface area contributed by atoms with Crippen molar-refractivity contribution >= 4 is 5.95 Å². The Bertz CT molecular complexity index is 717. The molecule has 2 heterocycles. The van der Waals surface area contributed by atoms with E-state index >= 15 is 0 Å². The van der Waals surface area contributed by atoms with Crippen LogP contribution in [0.5, 0.6) is 0 Å². The summed E-state index contributed by atoms with van der Waals surface area (Å²) in [6.07, 6.45) is 0. The lowest BCUT2D eigenvalue weighted by atomic mass is 10.2. The Morgan fingerprint density at radius 1 is 0.917 bits per heavy atom. The van der Waals surface area contributed by atoms with E-state index in [0.29, 0.717) is 6.54 Å². The van der Waals surface area contributed by atoms with Gasteiger partial charge in [-0.25, -0.2) is 18.7 Å². The number of hydrogen-bond acceptors (Lipinski definition) is 4. The quantitative estimate of drug-likeness (QED) is 0.865. The highest BCUT2D eigenvalue weighted by Gasteiger charge is 2.20. The lowest BCUT2D eigenvalue weighted by molar-refractivity contribution is 0.248. The minimum absolute atomic E-state index is 0.623. The third-order valence-electron chi connectivity index (χ3n) is 4.67. The highest BCUT2D eigenvalue weighted by atomic mass is 19.2. The van der Waals surface area contributed by atoms with Gasteiger partial charge in [0.2, 0.25) is 5.95 Å². The largest absolute Gasteiger partial charge is 0.338 e. The number of rotatable bonds is 3. The lowest BCUT2D eigenvalue weighted by Gasteiger charge is -2.35. The monoisotopic (exact) mass is 332 g/mol. The van der Waals surface area contributed by atoms with Crippen molar-refractivity contribution in [2.75, 3.05) is 31.1 Å². The molecule has 0 radical (unpaired) electrons. The maximum Gasteiger partial charge on any atom is 0.225 e. The number of halogens is 2. The van der Waals surface area contributed by atoms with E-state index in [1.54, 1.807) is 6.07 Å². The van der Waals surface area contributed by atoms with Crippen LogP contribution in [0.4, 0.5) is 14.7 Å². The topological polar surface area (TPSA) is 32.3 Å². The van der Waals surface area contributed by atoms with Crippen molar-refractivity contribution in [1.82, 2.24) is 14.9 Å². The fourth-order valence-corrected chi connectivity index (χ4v) is 2.90. The summed E-state index contributed by atoms with van der Waals surface area (Å²) in [5.74, 6) is -0.806. The van der Waals surface area contributed by atoms with Crippen LogP contribution in [0.15, 0.2) is 18.2 Å². The Morgan fingerprint density at radius 2 is 1.54 bits per heavy atom. The van der Waals surface area contributed by atoms with E-state index in [0.717, 1.165) is 54.6 Å². The first kappa shape index (κ1) is 16.8. The molecule has 128 valence electrons. The first-order valence-corrected chi connectivity index (χ1v) is 8.17. The van der Waals surface area contributed by atoms with Crippen LogP contribution in [0.2, 0.25) is 0 Å². The Morgan fingerprint density at radius 3 is 2.12 bits per heavy atom. The van der Waals surface area contributed by atoms with E-state index < -0.39 is 11.6 Å². The minimum atomic E-state index is -0.800. The van der Waals surface area contributed by atoms with E-state index in [4.69, 9.17) is 0 Å². The van der Waals surface area contributed by atoms with Crippen LogP contribution < -0.4 is 4.90 Å². The van der Waals surface area contributed by atoms with Gasteiger partial charge in [-0.2, -0.15) is 0 Å². The van der Waals surface area contributed by atoms with Crippen molar-refractivity contribution in [3.8, 4) is 0 Å². The molecular weight excluding hydrogens is 310 g/mol. The molecule has 0 spiro atoms. The fourth-order valence-electron chi connectivity index (χ4n) is 2.90. The average Bonchev–Trinajstić information content (AvgIpc) is 2.56. The van der Waals surface area contributed by atoms with Gasteiger partial charge in [-0.05, 0) is 44.0 Å². The van der Waals surface area contributed by atoms with Gasteiger partial charge in [0.05, 0.1) is 0 Å². The van der Waals surface area contributed by atoms with Crippen molar-refractivity contribution in [3.63, 3.8) is 0 Å². The summed E-state index contributed by atoms with van der Waals surface area (Å²) in [5, 5.41) is 0. The van der Waals surface area contributed by atoms with Gasteiger partial charge in [-0.15, -0.1) is 0 Å². The standard InChI is InChI=1S/C18H22F2N4/c1-12-13(2)21-18(22-14(12)3)24-8-6-23(7-9-24)11-15-4-5-16(19)17(20)10-15/h4-5,10H,6-9,11H2,1-3H3. The number of hydrogen-bond donors (Lipinski definition) is 0. The van der Waals surface area contributed by atoms with Crippen LogP contribution in [0.25, 0.3) is 0 Å². The van der Waals surface area contributed by atoms with E-state index in [9.17, 15) is 8.78 Å². The highest BCUT2D eigenvalue weighted by Crippen LogP contribution is 2.17. The number of benzene rings is 1. The van der Waals surface area contributed by atoms with Gasteiger partial charge in [0.15, 0.2) is 11.6 Å². The summed E-state index contributed by atoms with van der Waals surface area (Å²) in [5.41, 5.74) is 3.96. The van der Waals surface area contributed by atoms with Gasteiger partial charge in [0.1, 0.15) is 0 Å². The SMILES string of the molecule is Cc1nc(N2CCN(Cc3ccc(F)c(F)c3)CC2)nc(C)c1C. The molecule has 1 saturated heterocycles. The average molecular weight is 332 g/mol. The number of aromatic nitrogens is 2. The molecule has 0 bridgehead atoms. The molecule has 0 atom stereocenters. The maximum absolute atomic E-state index is 13.3. The lowest BCUT2D eigenvalue weighted by Crippen LogP contribution is -2.46. The van der Waals surface area contributed by atoms with Crippen molar-refractivity contribution in [1.29, 1.82) is 0 Å². The van der Waals surface area contributed by atoms with Crippen LogP contribution >= 0.6 is 0 Å². The normalized spacial score (nSPS) is 15.8. The third-order valence-corrected chi connectivity index (χ3v) is 4.67. The highest BCUT2D eigenvalue weighted by molar-refractivity contribution is 5.36. The Labute approximate surface area is 141 Å². The van der Waals surface area contributed by atoms with E-state index in [1.165, 1.54) is 12.1 Å². The molecule has 0 amide bonds. The van der Waals surface area contributed by atoms with Gasteiger partial charge in [-0.1, -0.05) is 6.07 Å². The molecule has 6 heteroatoms. The minimum Gasteiger partial charge on any atom is -0.338 e. The summed E-state index contributed by atoms with van der Waals surface area (Å²) in [6, 6.07) is 4.10. The second kappa shape index (κ2) is 6.81. The molecule has 0 saturated carbocycles. The zero-order valence-electron chi connectivity index (χ0n) is 14.3. The first-order valence-electron chi connectivity index (χ1n) is 8.17. The predicted molar refractivity (Wildman–Crippen MR) is 90.1 cm³/mol. The molecule has 4 nitrogen and oxygen atoms in total. The van der Waals surface area contributed by atoms with Gasteiger partial charge in [0.25, 0.3) is 0 Å². The molecule has 3 rings (SSSR count). The zero-order chi connectivity index (χ0) is 17.3. The second-order valence-corrected chi connectivity index (χ2v) is 6.33. The molecule has 0 N–H and O–H groups in total. The van der Waals surface area contributed by atoms with E-state index in [-0.39, 0.29) is 0 Å². The molecule has 0 unspecified atom stereocenters. The molecule has 24 heavy (non-hydrogen) atoms. The summed E-state index contributed by atoms with van der Waals surface area (Å²) in [6.45, 7) is 10.0. The molecular formula is C18H22F2N4. The number of piperazine rings is 1. The Kier molecular flexibility index (Phi) is 4.76. The molecule has 1 aliphatic rings. The zero-order valence-corrected chi connectivity index (χ0v) is 14.3. The van der Waals surface area contributed by atoms with Crippen LogP contribution in [0.1, 0.15) is 22.5 Å². The Hall–Kier alpha value is -2.08. The van der Waals surface area contributed by atoms with Crippen LogP contribution in [-0.4, -0.2) is 41.0 Å². The number of nitrogens with zero attached hydrogens (tertiary/aromatic N) is 4. The Balaban J connectivity index is 1.62. The fraction of sp³-hybridized carbons (Fsp3) is 0.444. The molecule has 0 aliphatic carbocycles. The molecule has 1 aromatic heterocycles. The van der Waals surface area contributed by atoms with E-state index in [2.05, 4.69) is 19.8 Å². The molecule has 1 aliphatic heterocycles. The van der Waals surface area contributed by atoms with Crippen LogP contribution in [0.3, 0.4) is 0 Å². The van der Waals surface area contributed by atoms with Gasteiger partial charge < -0.3 is 4.90 Å². The molecule has 2 aromatic rings. The summed E-state index contributed by atoms with van der Waals surface area (Å²) >= 11 is 0. The molecule has 1 aromatic carbocycles. The van der Waals surface area contributed by atoms with Gasteiger partial charge >= 0.3 is 0 Å². The smallest absolute Gasteiger partial charge is 0.225 e. The van der Waals surface area contributed by atoms with Crippen molar-refractivity contribution in [3.05, 3.63) is 52.3 Å². The summed E-state index contributed by atoms with van der Waals surface area (Å²) in [4.78, 5) is 13.6. The van der Waals surface area contributed by atoms with E-state index in [1.807, 2.05) is 20.8 Å². The van der Waals surface area contributed by atoms with Gasteiger partial charge in [-0.3, -0.25) is 4.90 Å². The number of aryl methyl sites for hydroxylation is 2. The molecule has 1 fully saturated rings. The third kappa shape index (κ3) is 3.53. The van der Waals surface area contributed by atoms with Gasteiger partial charge in [0, 0.05) is 44.1 Å². The summed E-state index contributed by atoms with van der Waals surface area (Å²) in [7, 11) is 0.